The van der Waals surface area contributed by atoms with Gasteiger partial charge in [0, 0.05) is 17.9 Å². The fourth-order valence-corrected chi connectivity index (χ4v) is 1.79. The number of carbonyl (C=O) groups excluding carboxylic acids is 1. The normalized spacial score (nSPS) is 11.1. The molecule has 4 nitrogen and oxygen atoms in total. The van der Waals surface area contributed by atoms with Crippen molar-refractivity contribution in [3.05, 3.63) is 41.6 Å². The molecule has 1 aromatic rings. The molecule has 0 aliphatic carbocycles. The van der Waals surface area contributed by atoms with Gasteiger partial charge in [-0.05, 0) is 44.4 Å². The van der Waals surface area contributed by atoms with Crippen molar-refractivity contribution < 1.29 is 4.79 Å². The van der Waals surface area contributed by atoms with Crippen molar-refractivity contribution in [2.45, 2.75) is 46.1 Å². The number of hydrogen-bond acceptors (Lipinski definition) is 3. The highest BCUT2D eigenvalue weighted by molar-refractivity contribution is 5.97. The molecular formula is C17H23N3O. The first-order valence-corrected chi connectivity index (χ1v) is 7.33. The van der Waals surface area contributed by atoms with Crippen molar-refractivity contribution >= 4 is 11.6 Å². The lowest BCUT2D eigenvalue weighted by molar-refractivity contribution is -0.117. The maximum Gasteiger partial charge on any atom is 0.263 e. The summed E-state index contributed by atoms with van der Waals surface area (Å²) in [6.45, 7) is 5.89. The van der Waals surface area contributed by atoms with E-state index in [1.807, 2.05) is 32.0 Å². The molecule has 0 bridgehead atoms. The lowest BCUT2D eigenvalue weighted by atomic mass is 10.1. The van der Waals surface area contributed by atoms with Gasteiger partial charge in [-0.25, -0.2) is 0 Å². The molecule has 0 fully saturated rings. The van der Waals surface area contributed by atoms with Crippen molar-refractivity contribution in [2.75, 3.05) is 5.32 Å². The number of rotatable bonds is 7. The SMILES string of the molecule is CCCCc1ccc(N/C=C(/C#N)C(=O)NC(C)C)cc1. The molecule has 2 N–H and O–H groups in total. The molecule has 21 heavy (non-hydrogen) atoms. The fourth-order valence-electron chi connectivity index (χ4n) is 1.79. The molecule has 1 rings (SSSR count). The van der Waals surface area contributed by atoms with E-state index in [0.29, 0.717) is 0 Å². The van der Waals surface area contributed by atoms with Gasteiger partial charge in [-0.1, -0.05) is 25.5 Å². The third-order valence-electron chi connectivity index (χ3n) is 2.94. The summed E-state index contributed by atoms with van der Waals surface area (Å²) < 4.78 is 0. The zero-order valence-corrected chi connectivity index (χ0v) is 12.9. The first-order valence-electron chi connectivity index (χ1n) is 7.33. The number of aryl methyl sites for hydroxylation is 1. The van der Waals surface area contributed by atoms with E-state index in [4.69, 9.17) is 5.26 Å². The summed E-state index contributed by atoms with van der Waals surface area (Å²) in [6, 6.07) is 9.94. The van der Waals surface area contributed by atoms with Crippen molar-refractivity contribution in [1.82, 2.24) is 5.32 Å². The van der Waals surface area contributed by atoms with Gasteiger partial charge < -0.3 is 10.6 Å². The molecule has 0 aromatic heterocycles. The van der Waals surface area contributed by atoms with E-state index >= 15 is 0 Å². The van der Waals surface area contributed by atoms with E-state index in [1.54, 1.807) is 0 Å². The molecule has 1 aromatic carbocycles. The van der Waals surface area contributed by atoms with Gasteiger partial charge in [0.1, 0.15) is 11.6 Å². The first kappa shape index (κ1) is 16.8. The van der Waals surface area contributed by atoms with Crippen LogP contribution < -0.4 is 10.6 Å². The van der Waals surface area contributed by atoms with Crippen molar-refractivity contribution in [2.24, 2.45) is 0 Å². The number of anilines is 1. The zero-order chi connectivity index (χ0) is 15.7. The van der Waals surface area contributed by atoms with E-state index in [-0.39, 0.29) is 17.5 Å². The Balaban J connectivity index is 2.65. The van der Waals surface area contributed by atoms with Gasteiger partial charge in [-0.2, -0.15) is 5.26 Å². The molecular weight excluding hydrogens is 262 g/mol. The summed E-state index contributed by atoms with van der Waals surface area (Å²) in [7, 11) is 0. The molecule has 0 saturated heterocycles. The van der Waals surface area contributed by atoms with Crippen molar-refractivity contribution in [3.8, 4) is 6.07 Å². The highest BCUT2D eigenvalue weighted by atomic mass is 16.1. The predicted octanol–water partition coefficient (Wildman–Crippen LogP) is 3.37. The van der Waals surface area contributed by atoms with Gasteiger partial charge in [0.05, 0.1) is 0 Å². The van der Waals surface area contributed by atoms with Crippen LogP contribution in [0.25, 0.3) is 0 Å². The van der Waals surface area contributed by atoms with Crippen LogP contribution in [0, 0.1) is 11.3 Å². The molecule has 0 atom stereocenters. The number of carbonyl (C=O) groups is 1. The average Bonchev–Trinajstić information content (AvgIpc) is 2.46. The highest BCUT2D eigenvalue weighted by Crippen LogP contribution is 2.12. The van der Waals surface area contributed by atoms with Crippen molar-refractivity contribution in [1.29, 1.82) is 5.26 Å². The van der Waals surface area contributed by atoms with Gasteiger partial charge in [-0.3, -0.25) is 4.79 Å². The second-order valence-electron chi connectivity index (χ2n) is 5.24. The predicted molar refractivity (Wildman–Crippen MR) is 85.7 cm³/mol. The minimum Gasteiger partial charge on any atom is -0.360 e. The van der Waals surface area contributed by atoms with Crippen LogP contribution in [0.2, 0.25) is 0 Å². The van der Waals surface area contributed by atoms with E-state index in [0.717, 1.165) is 12.1 Å². The quantitative estimate of drug-likeness (QED) is 0.596. The number of unbranched alkanes of at least 4 members (excludes halogenated alkanes) is 1. The Morgan fingerprint density at radius 3 is 2.52 bits per heavy atom. The van der Waals surface area contributed by atoms with Gasteiger partial charge in [-0.15, -0.1) is 0 Å². The van der Waals surface area contributed by atoms with Crippen LogP contribution in [0.15, 0.2) is 36.0 Å². The summed E-state index contributed by atoms with van der Waals surface area (Å²) in [5.41, 5.74) is 2.23. The first-order chi connectivity index (χ1) is 10.1. The third-order valence-corrected chi connectivity index (χ3v) is 2.94. The molecule has 0 heterocycles. The Bertz CT molecular complexity index is 524. The van der Waals surface area contributed by atoms with Gasteiger partial charge in [0.2, 0.25) is 0 Å². The van der Waals surface area contributed by atoms with Crippen LogP contribution in [0.5, 0.6) is 0 Å². The van der Waals surface area contributed by atoms with Gasteiger partial charge in [0.15, 0.2) is 0 Å². The molecule has 0 aliphatic rings. The van der Waals surface area contributed by atoms with Crippen LogP contribution in [0.3, 0.4) is 0 Å². The largest absolute Gasteiger partial charge is 0.360 e. The Morgan fingerprint density at radius 1 is 1.33 bits per heavy atom. The van der Waals surface area contributed by atoms with Crippen LogP contribution in [-0.4, -0.2) is 11.9 Å². The second kappa shape index (κ2) is 8.80. The minimum atomic E-state index is -0.362. The van der Waals surface area contributed by atoms with E-state index in [2.05, 4.69) is 29.7 Å². The van der Waals surface area contributed by atoms with Crippen LogP contribution in [0.1, 0.15) is 39.2 Å². The molecule has 0 spiro atoms. The summed E-state index contributed by atoms with van der Waals surface area (Å²) in [5, 5.41) is 14.7. The Morgan fingerprint density at radius 2 is 2.00 bits per heavy atom. The van der Waals surface area contributed by atoms with E-state index in [9.17, 15) is 4.79 Å². The zero-order valence-electron chi connectivity index (χ0n) is 12.9. The van der Waals surface area contributed by atoms with Gasteiger partial charge >= 0.3 is 0 Å². The number of benzene rings is 1. The molecule has 0 radical (unpaired) electrons. The molecule has 112 valence electrons. The number of amides is 1. The fraction of sp³-hybridized carbons (Fsp3) is 0.412. The lowest BCUT2D eigenvalue weighted by Crippen LogP contribution is -2.31. The molecule has 4 heteroatoms. The summed E-state index contributed by atoms with van der Waals surface area (Å²) in [6.07, 6.45) is 4.88. The van der Waals surface area contributed by atoms with E-state index < -0.39 is 0 Å². The highest BCUT2D eigenvalue weighted by Gasteiger charge is 2.09. The molecule has 0 aliphatic heterocycles. The maximum absolute atomic E-state index is 11.7. The van der Waals surface area contributed by atoms with Crippen LogP contribution in [-0.2, 0) is 11.2 Å². The summed E-state index contributed by atoms with van der Waals surface area (Å²) >= 11 is 0. The Kier molecular flexibility index (Phi) is 7.03. The maximum atomic E-state index is 11.7. The number of hydrogen-bond donors (Lipinski definition) is 2. The Labute approximate surface area is 126 Å². The molecule has 0 unspecified atom stereocenters. The Hall–Kier alpha value is -2.28. The lowest BCUT2D eigenvalue weighted by Gasteiger charge is -2.08. The smallest absolute Gasteiger partial charge is 0.263 e. The van der Waals surface area contributed by atoms with E-state index in [1.165, 1.54) is 24.6 Å². The monoisotopic (exact) mass is 285 g/mol. The number of nitrogens with one attached hydrogen (secondary N) is 2. The summed E-state index contributed by atoms with van der Waals surface area (Å²) in [5.74, 6) is -0.362. The standard InChI is InChI=1S/C17H23N3O/c1-4-5-6-14-7-9-16(10-8-14)19-12-15(11-18)17(21)20-13(2)3/h7-10,12-13,19H,4-6H2,1-3H3,(H,20,21)/b15-12-. The number of nitrogens with zero attached hydrogens (tertiary/aromatic N) is 1. The minimum absolute atomic E-state index is 0.00657. The number of nitriles is 1. The van der Waals surface area contributed by atoms with Crippen LogP contribution >= 0.6 is 0 Å². The second-order valence-corrected chi connectivity index (χ2v) is 5.24. The van der Waals surface area contributed by atoms with Crippen molar-refractivity contribution in [3.63, 3.8) is 0 Å². The topological polar surface area (TPSA) is 64.9 Å². The molecule has 1 amide bonds. The van der Waals surface area contributed by atoms with Gasteiger partial charge in [0.25, 0.3) is 5.91 Å². The summed E-state index contributed by atoms with van der Waals surface area (Å²) in [4.78, 5) is 11.7. The van der Waals surface area contributed by atoms with Crippen LogP contribution in [0.4, 0.5) is 5.69 Å². The average molecular weight is 285 g/mol. The third kappa shape index (κ3) is 6.13. The molecule has 0 saturated carbocycles.